The number of carbonyl (C=O) groups is 1. The van der Waals surface area contributed by atoms with Crippen LogP contribution in [0, 0.1) is 10.8 Å². The average molecular weight is 255 g/mol. The number of hydrogen-bond donors (Lipinski definition) is 2. The van der Waals surface area contributed by atoms with Crippen LogP contribution in [0.2, 0.25) is 0 Å². The molecule has 106 valence electrons. The molecule has 3 heteroatoms. The minimum Gasteiger partial charge on any atom is -0.481 e. The summed E-state index contributed by atoms with van der Waals surface area (Å²) in [4.78, 5) is 11.2. The summed E-state index contributed by atoms with van der Waals surface area (Å²) >= 11 is 0. The maximum absolute atomic E-state index is 11.2. The zero-order valence-corrected chi connectivity index (χ0v) is 12.6. The highest BCUT2D eigenvalue weighted by atomic mass is 16.4. The Hall–Kier alpha value is -0.570. The summed E-state index contributed by atoms with van der Waals surface area (Å²) < 4.78 is 0. The molecule has 0 bridgehead atoms. The van der Waals surface area contributed by atoms with Gasteiger partial charge >= 0.3 is 5.97 Å². The summed E-state index contributed by atoms with van der Waals surface area (Å²) in [5, 5.41) is 12.8. The molecular formula is C15H29NO2. The van der Waals surface area contributed by atoms with Crippen molar-refractivity contribution in [2.24, 2.45) is 10.8 Å². The molecule has 0 heterocycles. The van der Waals surface area contributed by atoms with Crippen LogP contribution in [-0.4, -0.2) is 23.2 Å². The third-order valence-corrected chi connectivity index (χ3v) is 3.83. The highest BCUT2D eigenvalue weighted by Crippen LogP contribution is 2.51. The third kappa shape index (κ3) is 4.27. The van der Waals surface area contributed by atoms with E-state index in [-0.39, 0.29) is 22.8 Å². The summed E-state index contributed by atoms with van der Waals surface area (Å²) in [5.41, 5.74) is 0.184. The lowest BCUT2D eigenvalue weighted by Crippen LogP contribution is -2.56. The van der Waals surface area contributed by atoms with Gasteiger partial charge in [0, 0.05) is 5.54 Å². The smallest absolute Gasteiger partial charge is 0.305 e. The van der Waals surface area contributed by atoms with E-state index in [0.29, 0.717) is 0 Å². The van der Waals surface area contributed by atoms with Crippen molar-refractivity contribution in [1.29, 1.82) is 0 Å². The number of aliphatic carboxylic acids is 1. The third-order valence-electron chi connectivity index (χ3n) is 3.83. The van der Waals surface area contributed by atoms with Crippen LogP contribution in [0.4, 0.5) is 0 Å². The Kier molecular flexibility index (Phi) is 4.47. The largest absolute Gasteiger partial charge is 0.481 e. The Morgan fingerprint density at radius 2 is 1.61 bits per heavy atom. The molecule has 1 fully saturated rings. The predicted octanol–water partition coefficient (Wildman–Crippen LogP) is 3.44. The predicted molar refractivity (Wildman–Crippen MR) is 74.7 cm³/mol. The normalized spacial score (nSPS) is 24.7. The average Bonchev–Trinajstić information content (AvgIpc) is 2.07. The highest BCUT2D eigenvalue weighted by Gasteiger charge is 2.47. The van der Waals surface area contributed by atoms with Crippen molar-refractivity contribution in [2.45, 2.75) is 72.3 Å². The molecule has 0 aromatic carbocycles. The molecule has 0 spiro atoms. The molecular weight excluding hydrogens is 226 g/mol. The highest BCUT2D eigenvalue weighted by molar-refractivity contribution is 5.68. The summed E-state index contributed by atoms with van der Waals surface area (Å²) in [6.45, 7) is 12.1. The number of carboxylic acid groups (broad SMARTS) is 1. The Bertz CT molecular complexity index is 292. The first-order valence-corrected chi connectivity index (χ1v) is 7.07. The molecule has 0 radical (unpaired) electrons. The summed E-state index contributed by atoms with van der Waals surface area (Å²) in [6, 6.07) is 0. The molecule has 0 amide bonds. The van der Waals surface area contributed by atoms with Gasteiger partial charge in [0.15, 0.2) is 0 Å². The van der Waals surface area contributed by atoms with Gasteiger partial charge < -0.3 is 10.4 Å². The molecule has 18 heavy (non-hydrogen) atoms. The van der Waals surface area contributed by atoms with Crippen LogP contribution in [0.5, 0.6) is 0 Å². The van der Waals surface area contributed by atoms with Crippen molar-refractivity contribution in [1.82, 2.24) is 5.32 Å². The van der Waals surface area contributed by atoms with Crippen LogP contribution >= 0.6 is 0 Å². The molecule has 3 nitrogen and oxygen atoms in total. The van der Waals surface area contributed by atoms with Gasteiger partial charge in [-0.25, -0.2) is 0 Å². The second kappa shape index (κ2) is 5.20. The van der Waals surface area contributed by atoms with Gasteiger partial charge in [-0.05, 0) is 43.1 Å². The fraction of sp³-hybridized carbons (Fsp3) is 0.933. The second-order valence-corrected chi connectivity index (χ2v) is 7.64. The van der Waals surface area contributed by atoms with Crippen molar-refractivity contribution in [3.63, 3.8) is 0 Å². The van der Waals surface area contributed by atoms with E-state index in [1.807, 2.05) is 0 Å². The van der Waals surface area contributed by atoms with Crippen LogP contribution in [0.25, 0.3) is 0 Å². The second-order valence-electron chi connectivity index (χ2n) is 7.64. The fourth-order valence-corrected chi connectivity index (χ4v) is 4.31. The first-order valence-electron chi connectivity index (χ1n) is 7.07. The van der Waals surface area contributed by atoms with E-state index in [9.17, 15) is 9.90 Å². The first kappa shape index (κ1) is 15.5. The van der Waals surface area contributed by atoms with Crippen LogP contribution in [-0.2, 0) is 4.79 Å². The van der Waals surface area contributed by atoms with Gasteiger partial charge in [-0.3, -0.25) is 4.79 Å². The van der Waals surface area contributed by atoms with Crippen LogP contribution in [0.1, 0.15) is 66.7 Å². The SMILES string of the molecule is CCCNC1(CC(=O)O)CC(C)(C)CC(C)(C)C1. The number of carboxylic acids is 1. The topological polar surface area (TPSA) is 49.3 Å². The summed E-state index contributed by atoms with van der Waals surface area (Å²) in [7, 11) is 0. The molecule has 0 aliphatic heterocycles. The van der Waals surface area contributed by atoms with Crippen molar-refractivity contribution in [3.8, 4) is 0 Å². The van der Waals surface area contributed by atoms with E-state index in [4.69, 9.17) is 0 Å². The van der Waals surface area contributed by atoms with Crippen molar-refractivity contribution >= 4 is 5.97 Å². The lowest BCUT2D eigenvalue weighted by molar-refractivity contribution is -0.140. The van der Waals surface area contributed by atoms with E-state index in [2.05, 4.69) is 39.9 Å². The lowest BCUT2D eigenvalue weighted by atomic mass is 9.57. The number of hydrogen-bond acceptors (Lipinski definition) is 2. The van der Waals surface area contributed by atoms with Gasteiger partial charge in [0.25, 0.3) is 0 Å². The van der Waals surface area contributed by atoms with Crippen molar-refractivity contribution < 1.29 is 9.90 Å². The van der Waals surface area contributed by atoms with E-state index >= 15 is 0 Å². The molecule has 0 unspecified atom stereocenters. The molecule has 0 aromatic heterocycles. The maximum atomic E-state index is 11.2. The molecule has 0 saturated heterocycles. The minimum absolute atomic E-state index is 0.206. The van der Waals surface area contributed by atoms with E-state index < -0.39 is 5.97 Å². The van der Waals surface area contributed by atoms with E-state index in [1.54, 1.807) is 0 Å². The Morgan fingerprint density at radius 3 is 2.00 bits per heavy atom. The molecule has 1 aliphatic rings. The first-order chi connectivity index (χ1) is 8.10. The Labute approximate surface area is 111 Å². The molecule has 1 saturated carbocycles. The van der Waals surface area contributed by atoms with Gasteiger partial charge in [0.05, 0.1) is 6.42 Å². The van der Waals surface area contributed by atoms with Crippen LogP contribution < -0.4 is 5.32 Å². The molecule has 1 aliphatic carbocycles. The Balaban J connectivity index is 2.96. The lowest BCUT2D eigenvalue weighted by Gasteiger charge is -2.52. The quantitative estimate of drug-likeness (QED) is 0.791. The van der Waals surface area contributed by atoms with E-state index in [1.165, 1.54) is 0 Å². The summed E-state index contributed by atoms with van der Waals surface area (Å²) in [6.07, 6.45) is 4.35. The Morgan fingerprint density at radius 1 is 1.11 bits per heavy atom. The van der Waals surface area contributed by atoms with Gasteiger partial charge in [-0.1, -0.05) is 34.6 Å². The minimum atomic E-state index is -0.688. The zero-order chi connectivity index (χ0) is 14.0. The van der Waals surface area contributed by atoms with Crippen molar-refractivity contribution in [3.05, 3.63) is 0 Å². The van der Waals surface area contributed by atoms with Gasteiger partial charge in [-0.15, -0.1) is 0 Å². The summed E-state index contributed by atoms with van der Waals surface area (Å²) in [5.74, 6) is -0.688. The standard InChI is InChI=1S/C15H29NO2/c1-6-7-16-15(8-12(17)18)10-13(2,3)9-14(4,5)11-15/h16H,6-11H2,1-5H3,(H,17,18). The molecule has 2 N–H and O–H groups in total. The molecule has 0 aromatic rings. The number of rotatable bonds is 5. The fourth-order valence-electron chi connectivity index (χ4n) is 4.31. The van der Waals surface area contributed by atoms with Crippen LogP contribution in [0.3, 0.4) is 0 Å². The van der Waals surface area contributed by atoms with E-state index in [0.717, 1.165) is 32.2 Å². The molecule has 0 atom stereocenters. The zero-order valence-electron chi connectivity index (χ0n) is 12.6. The van der Waals surface area contributed by atoms with Gasteiger partial charge in [0.1, 0.15) is 0 Å². The number of nitrogens with one attached hydrogen (secondary N) is 1. The monoisotopic (exact) mass is 255 g/mol. The molecule has 1 rings (SSSR count). The van der Waals surface area contributed by atoms with Gasteiger partial charge in [-0.2, -0.15) is 0 Å². The maximum Gasteiger partial charge on any atom is 0.305 e. The van der Waals surface area contributed by atoms with Gasteiger partial charge in [0.2, 0.25) is 0 Å². The van der Waals surface area contributed by atoms with Crippen molar-refractivity contribution in [2.75, 3.05) is 6.54 Å². The van der Waals surface area contributed by atoms with Crippen LogP contribution in [0.15, 0.2) is 0 Å².